The molecule has 1 radical (unpaired) electrons. The molecule has 2 N–H and O–H groups in total. The Morgan fingerprint density at radius 2 is 2.29 bits per heavy atom. The molecule has 2 heterocycles. The van der Waals surface area contributed by atoms with E-state index in [9.17, 15) is 0 Å². The van der Waals surface area contributed by atoms with Gasteiger partial charge in [-0.3, -0.25) is 0 Å². The maximum atomic E-state index is 4.03. The van der Waals surface area contributed by atoms with Crippen molar-refractivity contribution < 1.29 is 0 Å². The van der Waals surface area contributed by atoms with Crippen LogP contribution in [0.5, 0.6) is 0 Å². The molecule has 1 aromatic carbocycles. The summed E-state index contributed by atoms with van der Waals surface area (Å²) in [5, 5.41) is 15.4. The minimum absolute atomic E-state index is 0.627. The highest BCUT2D eigenvalue weighted by Crippen LogP contribution is 2.45. The summed E-state index contributed by atoms with van der Waals surface area (Å²) in [5.74, 6) is 1.37. The van der Waals surface area contributed by atoms with Crippen molar-refractivity contribution in [3.05, 3.63) is 30.0 Å². The molecule has 3 aromatic rings. The molecule has 4 rings (SSSR count). The molecule has 2 aromatic heterocycles. The molecular formula is C12H10N5. The number of benzene rings is 1. The van der Waals surface area contributed by atoms with Gasteiger partial charge in [0, 0.05) is 22.2 Å². The lowest BCUT2D eigenvalue weighted by atomic mass is 10.1. The molecule has 1 aliphatic carbocycles. The molecule has 0 bridgehead atoms. The summed E-state index contributed by atoms with van der Waals surface area (Å²) >= 11 is 0. The summed E-state index contributed by atoms with van der Waals surface area (Å²) in [7, 11) is 0. The van der Waals surface area contributed by atoms with Crippen molar-refractivity contribution in [1.29, 1.82) is 0 Å². The smallest absolute Gasteiger partial charge is 0.181 e. The van der Waals surface area contributed by atoms with E-state index >= 15 is 0 Å². The molecule has 0 spiro atoms. The maximum Gasteiger partial charge on any atom is 0.181 e. The molecule has 5 nitrogen and oxygen atoms in total. The third kappa shape index (κ3) is 1.28. The summed E-state index contributed by atoms with van der Waals surface area (Å²) in [6.07, 6.45) is 2.48. The zero-order chi connectivity index (χ0) is 11.2. The summed E-state index contributed by atoms with van der Waals surface area (Å²) in [6, 6.07) is 9.02. The second-order valence-corrected chi connectivity index (χ2v) is 4.41. The molecular weight excluding hydrogens is 214 g/mol. The first-order valence-electron chi connectivity index (χ1n) is 5.69. The van der Waals surface area contributed by atoms with Crippen LogP contribution in [0.4, 0.5) is 0 Å². The minimum atomic E-state index is 0.627. The summed E-state index contributed by atoms with van der Waals surface area (Å²) in [6.45, 7) is 0. The van der Waals surface area contributed by atoms with E-state index in [-0.39, 0.29) is 0 Å². The average molecular weight is 224 g/mol. The molecule has 1 saturated carbocycles. The largest absolute Gasteiger partial charge is 0.358 e. The van der Waals surface area contributed by atoms with Crippen LogP contribution in [0.25, 0.3) is 22.3 Å². The topological polar surface area (TPSA) is 70.2 Å². The van der Waals surface area contributed by atoms with Gasteiger partial charge in [0.25, 0.3) is 0 Å². The van der Waals surface area contributed by atoms with Crippen LogP contribution >= 0.6 is 0 Å². The minimum Gasteiger partial charge on any atom is -0.358 e. The molecule has 1 aliphatic rings. The predicted molar refractivity (Wildman–Crippen MR) is 62.3 cm³/mol. The average Bonchev–Trinajstić information content (AvgIpc) is 2.92. The van der Waals surface area contributed by atoms with E-state index in [4.69, 9.17) is 0 Å². The third-order valence-corrected chi connectivity index (χ3v) is 3.24. The van der Waals surface area contributed by atoms with Crippen molar-refractivity contribution in [3.63, 3.8) is 0 Å². The second kappa shape index (κ2) is 3.16. The van der Waals surface area contributed by atoms with E-state index in [1.54, 1.807) is 0 Å². The SMILES string of the molecule is [c]1ccc2c(-c3nnn[nH]3)c(C3CC3)[nH]c2c1. The summed E-state index contributed by atoms with van der Waals surface area (Å²) in [5.41, 5.74) is 3.46. The number of fused-ring (bicyclic) bond motifs is 1. The molecule has 17 heavy (non-hydrogen) atoms. The monoisotopic (exact) mass is 224 g/mol. The van der Waals surface area contributed by atoms with Crippen LogP contribution in [-0.4, -0.2) is 25.6 Å². The third-order valence-electron chi connectivity index (χ3n) is 3.24. The number of rotatable bonds is 2. The van der Waals surface area contributed by atoms with Gasteiger partial charge in [0.2, 0.25) is 0 Å². The van der Waals surface area contributed by atoms with E-state index in [0.717, 1.165) is 22.3 Å². The maximum absolute atomic E-state index is 4.03. The van der Waals surface area contributed by atoms with Gasteiger partial charge in [-0.05, 0) is 41.3 Å². The van der Waals surface area contributed by atoms with Gasteiger partial charge in [-0.15, -0.1) is 5.10 Å². The number of aromatic amines is 2. The van der Waals surface area contributed by atoms with Crippen molar-refractivity contribution in [2.75, 3.05) is 0 Å². The van der Waals surface area contributed by atoms with Crippen molar-refractivity contribution in [1.82, 2.24) is 25.6 Å². The number of nitrogens with zero attached hydrogens (tertiary/aromatic N) is 3. The number of H-pyrrole nitrogens is 2. The Bertz CT molecular complexity index is 663. The fourth-order valence-corrected chi connectivity index (χ4v) is 2.30. The molecule has 83 valence electrons. The van der Waals surface area contributed by atoms with Gasteiger partial charge in [-0.2, -0.15) is 0 Å². The van der Waals surface area contributed by atoms with Crippen LogP contribution < -0.4 is 0 Å². The van der Waals surface area contributed by atoms with Crippen molar-refractivity contribution in [3.8, 4) is 11.4 Å². The Balaban J connectivity index is 2.06. The lowest BCUT2D eigenvalue weighted by Gasteiger charge is -1.97. The predicted octanol–water partition coefficient (Wildman–Crippen LogP) is 2.03. The molecule has 0 atom stereocenters. The fraction of sp³-hybridized carbons (Fsp3) is 0.250. The van der Waals surface area contributed by atoms with Crippen LogP contribution in [0.3, 0.4) is 0 Å². The lowest BCUT2D eigenvalue weighted by molar-refractivity contribution is 0.881. The zero-order valence-electron chi connectivity index (χ0n) is 9.07. The number of tetrazole rings is 1. The molecule has 5 heteroatoms. The van der Waals surface area contributed by atoms with Gasteiger partial charge in [0.15, 0.2) is 5.82 Å². The number of aromatic nitrogens is 5. The Morgan fingerprint density at radius 1 is 1.35 bits per heavy atom. The highest BCUT2D eigenvalue weighted by Gasteiger charge is 2.30. The van der Waals surface area contributed by atoms with Crippen LogP contribution in [0.15, 0.2) is 18.2 Å². The number of hydrogen-bond donors (Lipinski definition) is 2. The van der Waals surface area contributed by atoms with Gasteiger partial charge in [0.05, 0.1) is 0 Å². The van der Waals surface area contributed by atoms with Gasteiger partial charge < -0.3 is 4.98 Å². The quantitative estimate of drug-likeness (QED) is 0.699. The first-order chi connectivity index (χ1) is 8.43. The highest BCUT2D eigenvalue weighted by molar-refractivity contribution is 5.96. The van der Waals surface area contributed by atoms with E-state index in [2.05, 4.69) is 37.7 Å². The van der Waals surface area contributed by atoms with Gasteiger partial charge >= 0.3 is 0 Å². The Morgan fingerprint density at radius 3 is 3.06 bits per heavy atom. The molecule has 0 amide bonds. The molecule has 0 saturated heterocycles. The summed E-state index contributed by atoms with van der Waals surface area (Å²) < 4.78 is 0. The van der Waals surface area contributed by atoms with Gasteiger partial charge in [-0.1, -0.05) is 12.1 Å². The molecule has 0 unspecified atom stereocenters. The molecule has 0 aliphatic heterocycles. The van der Waals surface area contributed by atoms with Crippen LogP contribution in [0.1, 0.15) is 24.5 Å². The normalized spacial score (nSPS) is 15.5. The standard InChI is InChI=1S/C12H10N5/c1-2-4-9-8(3-1)10(12-14-16-17-15-12)11(13-9)7-5-6-7/h1,3-4,7,13H,5-6H2,(H,14,15,16,17). The second-order valence-electron chi connectivity index (χ2n) is 4.41. The van der Waals surface area contributed by atoms with Crippen molar-refractivity contribution in [2.24, 2.45) is 0 Å². The first-order valence-corrected chi connectivity index (χ1v) is 5.69. The lowest BCUT2D eigenvalue weighted by Crippen LogP contribution is -1.86. The van der Waals surface area contributed by atoms with E-state index in [1.165, 1.54) is 18.5 Å². The van der Waals surface area contributed by atoms with Gasteiger partial charge in [-0.25, -0.2) is 5.10 Å². The van der Waals surface area contributed by atoms with E-state index < -0.39 is 0 Å². The van der Waals surface area contributed by atoms with E-state index in [0.29, 0.717) is 5.92 Å². The van der Waals surface area contributed by atoms with E-state index in [1.807, 2.05) is 12.1 Å². The number of hydrogen-bond acceptors (Lipinski definition) is 3. The highest BCUT2D eigenvalue weighted by atomic mass is 15.5. The van der Waals surface area contributed by atoms with Crippen LogP contribution in [0, 0.1) is 6.07 Å². The Hall–Kier alpha value is -2.17. The van der Waals surface area contributed by atoms with Gasteiger partial charge in [0.1, 0.15) is 0 Å². The molecule has 1 fully saturated rings. The fourth-order valence-electron chi connectivity index (χ4n) is 2.30. The van der Waals surface area contributed by atoms with Crippen LogP contribution in [0.2, 0.25) is 0 Å². The van der Waals surface area contributed by atoms with Crippen LogP contribution in [-0.2, 0) is 0 Å². The Kier molecular flexibility index (Phi) is 1.66. The Labute approximate surface area is 97.2 Å². The van der Waals surface area contributed by atoms with Crippen molar-refractivity contribution in [2.45, 2.75) is 18.8 Å². The zero-order valence-corrected chi connectivity index (χ0v) is 9.07. The number of nitrogens with one attached hydrogen (secondary N) is 2. The summed E-state index contributed by atoms with van der Waals surface area (Å²) in [4.78, 5) is 3.47. The van der Waals surface area contributed by atoms with Crippen molar-refractivity contribution >= 4 is 10.9 Å². The first kappa shape index (κ1) is 8.92.